The molecule has 16 amide bonds. The van der Waals surface area contributed by atoms with Crippen LogP contribution in [0.2, 0.25) is 0 Å². The van der Waals surface area contributed by atoms with Crippen molar-refractivity contribution in [3.8, 4) is 0 Å². The Kier molecular flexibility index (Phi) is 41.8. The van der Waals surface area contributed by atoms with E-state index in [4.69, 9.17) is 17.2 Å². The fourth-order valence-corrected chi connectivity index (χ4v) is 11.1. The first-order chi connectivity index (χ1) is 50.7. The molecular formula is C67H108N18O21S2. The van der Waals surface area contributed by atoms with Crippen molar-refractivity contribution in [1.82, 2.24) is 79.4 Å². The first-order valence-electron chi connectivity index (χ1n) is 35.0. The van der Waals surface area contributed by atoms with Gasteiger partial charge < -0.3 is 117 Å². The van der Waals surface area contributed by atoms with Gasteiger partial charge in [0.2, 0.25) is 94.5 Å². The van der Waals surface area contributed by atoms with Crippen molar-refractivity contribution < 1.29 is 102 Å². The largest absolute Gasteiger partial charge is 0.481 e. The van der Waals surface area contributed by atoms with Crippen LogP contribution < -0.4 is 91.6 Å². The molecule has 1 heterocycles. The highest BCUT2D eigenvalue weighted by Gasteiger charge is 2.39. The SMILES string of the molecule is CC(=O)NCC(=O)N[C@@H](CO)C(=O)N[C@@H](CS)C(=O)N[C@@H](CO)C(=O)N[C@@H](CC(C)C)C(=O)N[C@@H](CCCCN)C(=O)N[C@H](C(=O)N[C@@H](CS)C(=O)N[C@@H](Cc1c[nH]c2ccccc12)C(=O)N[C@@H](CC(C)C)C(=O)N[C@@H](CCC(N)=O)C(=O)N[C@@H](CC(C)C)C(=O)N[C@@H](C)C(=O)N[C@@H](CC(=O)O)C(N)=O)[C@@H](C)O. The molecule has 0 bridgehead atoms. The number of nitrogens with one attached hydrogen (secondary N) is 15. The van der Waals surface area contributed by atoms with Crippen LogP contribution in [0.15, 0.2) is 30.5 Å². The van der Waals surface area contributed by atoms with Gasteiger partial charge in [-0.2, -0.15) is 25.3 Å². The number of aromatic nitrogens is 1. The number of aliphatic hydroxyl groups is 3. The lowest BCUT2D eigenvalue weighted by molar-refractivity contribution is -0.140. The molecule has 0 saturated carbocycles. The third-order valence-electron chi connectivity index (χ3n) is 16.3. The molecule has 0 spiro atoms. The van der Waals surface area contributed by atoms with E-state index in [1.807, 2.05) is 0 Å². The molecule has 604 valence electrons. The highest BCUT2D eigenvalue weighted by atomic mass is 32.1. The number of thiol groups is 2. The molecule has 108 heavy (non-hydrogen) atoms. The lowest BCUT2D eigenvalue weighted by Crippen LogP contribution is -2.62. The van der Waals surface area contributed by atoms with Crippen LogP contribution in [0.25, 0.3) is 10.9 Å². The van der Waals surface area contributed by atoms with E-state index in [2.05, 4.69) is 105 Å². The zero-order valence-corrected chi connectivity index (χ0v) is 63.7. The second-order valence-corrected chi connectivity index (χ2v) is 27.8. The molecule has 0 aliphatic rings. The van der Waals surface area contributed by atoms with Gasteiger partial charge in [0.05, 0.1) is 32.3 Å². The number of unbranched alkanes of at least 4 members (excludes halogenated alkanes) is 1. The molecule has 1 aromatic heterocycles. The molecule has 1 aromatic carbocycles. The number of aliphatic hydroxyl groups excluding tert-OH is 3. The molecule has 0 saturated heterocycles. The van der Waals surface area contributed by atoms with Gasteiger partial charge in [0.15, 0.2) is 0 Å². The number of carbonyl (C=O) groups is 17. The van der Waals surface area contributed by atoms with Gasteiger partial charge in [-0.15, -0.1) is 0 Å². The minimum atomic E-state index is -1.87. The smallest absolute Gasteiger partial charge is 0.305 e. The van der Waals surface area contributed by atoms with Crippen LogP contribution in [-0.2, 0) is 87.9 Å². The predicted molar refractivity (Wildman–Crippen MR) is 396 cm³/mol. The van der Waals surface area contributed by atoms with Gasteiger partial charge in [-0.1, -0.05) is 59.7 Å². The number of hydrogen-bond donors (Lipinski definition) is 24. The van der Waals surface area contributed by atoms with Crippen molar-refractivity contribution in [3.63, 3.8) is 0 Å². The maximum atomic E-state index is 14.8. The average Bonchev–Trinajstić information content (AvgIpc) is 1.64. The fraction of sp³-hybridized carbons (Fsp3) is 0.627. The lowest BCUT2D eigenvalue weighted by atomic mass is 9.99. The van der Waals surface area contributed by atoms with E-state index in [9.17, 15) is 102 Å². The molecule has 2 rings (SSSR count). The van der Waals surface area contributed by atoms with E-state index in [1.165, 1.54) is 6.92 Å². The normalized spacial score (nSPS) is 15.1. The number of H-pyrrole nitrogens is 1. The standard InChI is InChI=1S/C67H108N18O21S2/c1-31(2)20-43(59(98)73-34(7)56(95)77-42(55(70)94)24-53(92)93)78-57(96)41(17-18-51(69)90)76-61(100)44(21-32(3)4)79-62(101)46(23-37-25-72-39-15-11-10-14-38(37)39)81-65(104)50(30-108)84-67(106)54(35(8)88)85-58(97)40(16-12-13-19-68)75-60(99)45(22-33(5)6)80-64(103)48(28-87)82-66(105)49(29-107)83-63(102)47(27-86)74-52(91)26-71-36(9)89/h10-11,14-15,25,31-35,40-50,54,72,86-88,107-108H,12-13,16-24,26-30,68H2,1-9H3,(H2,69,90)(H2,70,94)(H,71,89)(H,73,98)(H,74,91)(H,75,99)(H,76,100)(H,77,95)(H,78,96)(H,79,101)(H,80,103)(H,81,104)(H,82,105)(H,83,102)(H,84,106)(H,85,97)(H,92,93)/t34-,35+,40-,41-,42-,43-,44-,45-,46-,47-,48-,49-,50-,54-/m0/s1. The number of amides is 16. The van der Waals surface area contributed by atoms with Crippen molar-refractivity contribution in [3.05, 3.63) is 36.0 Å². The van der Waals surface area contributed by atoms with Gasteiger partial charge in [0.1, 0.15) is 78.5 Å². The third-order valence-corrected chi connectivity index (χ3v) is 17.0. The number of rotatable bonds is 50. The van der Waals surface area contributed by atoms with Crippen molar-refractivity contribution in [2.24, 2.45) is 35.0 Å². The summed E-state index contributed by atoms with van der Waals surface area (Å²) in [4.78, 5) is 230. The van der Waals surface area contributed by atoms with Crippen molar-refractivity contribution in [2.75, 3.05) is 37.8 Å². The third kappa shape index (κ3) is 33.6. The number of para-hydroxylation sites is 1. The fourth-order valence-electron chi connectivity index (χ4n) is 10.6. The molecule has 0 unspecified atom stereocenters. The summed E-state index contributed by atoms with van der Waals surface area (Å²) in [6.07, 6.45) is -2.04. The van der Waals surface area contributed by atoms with E-state index in [-0.39, 0.29) is 62.8 Å². The Morgan fingerprint density at radius 1 is 0.472 bits per heavy atom. The monoisotopic (exact) mass is 1560 g/mol. The van der Waals surface area contributed by atoms with E-state index < -0.39 is 236 Å². The first kappa shape index (κ1) is 94.4. The number of benzene rings is 1. The van der Waals surface area contributed by atoms with Crippen molar-refractivity contribution in [1.29, 1.82) is 0 Å². The maximum Gasteiger partial charge on any atom is 0.305 e. The van der Waals surface area contributed by atoms with Gasteiger partial charge in [0, 0.05) is 48.4 Å². The molecule has 25 N–H and O–H groups in total. The molecule has 0 aliphatic heterocycles. The van der Waals surface area contributed by atoms with Crippen LogP contribution >= 0.6 is 25.3 Å². The number of aliphatic carboxylic acids is 1. The highest BCUT2D eigenvalue weighted by Crippen LogP contribution is 2.20. The molecule has 0 radical (unpaired) electrons. The number of nitrogens with two attached hydrogens (primary N) is 3. The lowest BCUT2D eigenvalue weighted by Gasteiger charge is -2.29. The molecule has 0 aliphatic carbocycles. The Morgan fingerprint density at radius 2 is 0.870 bits per heavy atom. The van der Waals surface area contributed by atoms with Gasteiger partial charge >= 0.3 is 5.97 Å². The van der Waals surface area contributed by atoms with Crippen molar-refractivity contribution in [2.45, 2.75) is 211 Å². The second kappa shape index (κ2) is 47.9. The molecule has 39 nitrogen and oxygen atoms in total. The van der Waals surface area contributed by atoms with E-state index in [0.717, 1.165) is 13.8 Å². The van der Waals surface area contributed by atoms with E-state index in [0.29, 0.717) is 22.9 Å². The summed E-state index contributed by atoms with van der Waals surface area (Å²) in [5.74, 6) is -19.1. The van der Waals surface area contributed by atoms with Gasteiger partial charge in [-0.25, -0.2) is 0 Å². The summed E-state index contributed by atoms with van der Waals surface area (Å²) in [7, 11) is 0. The molecule has 41 heteroatoms. The van der Waals surface area contributed by atoms with Crippen molar-refractivity contribution >= 4 is 137 Å². The summed E-state index contributed by atoms with van der Waals surface area (Å²) in [5, 5.41) is 74.6. The Hall–Kier alpha value is -9.71. The summed E-state index contributed by atoms with van der Waals surface area (Å²) in [5.41, 5.74) is 17.6. The van der Waals surface area contributed by atoms with Crippen LogP contribution in [0.4, 0.5) is 0 Å². The minimum absolute atomic E-state index is 0.0536. The number of aromatic amines is 1. The van der Waals surface area contributed by atoms with Crippen LogP contribution in [0.1, 0.15) is 126 Å². The Morgan fingerprint density at radius 3 is 1.32 bits per heavy atom. The first-order valence-corrected chi connectivity index (χ1v) is 36.3. The van der Waals surface area contributed by atoms with E-state index in [1.54, 1.807) is 72.0 Å². The molecule has 14 atom stereocenters. The number of carboxylic acids is 1. The zero-order valence-electron chi connectivity index (χ0n) is 61.9. The number of hydrogen-bond acceptors (Lipinski definition) is 23. The predicted octanol–water partition coefficient (Wildman–Crippen LogP) is -7.11. The molecule has 0 fully saturated rings. The van der Waals surface area contributed by atoms with Gasteiger partial charge in [-0.05, 0) is 94.7 Å². The zero-order chi connectivity index (χ0) is 81.8. The van der Waals surface area contributed by atoms with Crippen LogP contribution in [0.5, 0.6) is 0 Å². The highest BCUT2D eigenvalue weighted by molar-refractivity contribution is 7.80. The minimum Gasteiger partial charge on any atom is -0.481 e. The number of primary amides is 2. The van der Waals surface area contributed by atoms with Crippen LogP contribution in [-0.4, -0.2) is 248 Å². The maximum absolute atomic E-state index is 14.8. The average molecular weight is 1570 g/mol. The summed E-state index contributed by atoms with van der Waals surface area (Å²) in [6, 6.07) is -13.6. The van der Waals surface area contributed by atoms with Crippen LogP contribution in [0.3, 0.4) is 0 Å². The number of carbonyl (C=O) groups excluding carboxylic acids is 16. The quantitative estimate of drug-likeness (QED) is 0.0216. The Labute approximate surface area is 635 Å². The number of fused-ring (bicyclic) bond motifs is 1. The molecule has 2 aromatic rings. The van der Waals surface area contributed by atoms with Crippen LogP contribution in [0, 0.1) is 17.8 Å². The van der Waals surface area contributed by atoms with E-state index >= 15 is 0 Å². The summed E-state index contributed by atoms with van der Waals surface area (Å²) in [6.45, 7) is 11.3. The molecular weight excluding hydrogens is 1460 g/mol. The topological polar surface area (TPSA) is 633 Å². The summed E-state index contributed by atoms with van der Waals surface area (Å²) < 4.78 is 0. The Bertz CT molecular complexity index is 3450. The van der Waals surface area contributed by atoms with Gasteiger partial charge in [-0.3, -0.25) is 81.5 Å². The van der Waals surface area contributed by atoms with Gasteiger partial charge in [0.25, 0.3) is 0 Å². The summed E-state index contributed by atoms with van der Waals surface area (Å²) >= 11 is 8.40. The second-order valence-electron chi connectivity index (χ2n) is 27.1. The Balaban J connectivity index is 2.49. The number of carboxylic acid groups (broad SMARTS) is 1.